The van der Waals surface area contributed by atoms with E-state index in [1.165, 1.54) is 0 Å². The molecular formula is C29H41N5O5. The maximum absolute atomic E-state index is 13.3. The van der Waals surface area contributed by atoms with Crippen molar-refractivity contribution in [3.8, 4) is 0 Å². The van der Waals surface area contributed by atoms with Crippen LogP contribution in [0, 0.1) is 5.92 Å². The van der Waals surface area contributed by atoms with Crippen molar-refractivity contribution in [2.75, 3.05) is 32.7 Å². The second-order valence-corrected chi connectivity index (χ2v) is 12.4. The van der Waals surface area contributed by atoms with Crippen molar-refractivity contribution in [3.05, 3.63) is 34.2 Å². The molecule has 5 rings (SSSR count). The Morgan fingerprint density at radius 1 is 1.05 bits per heavy atom. The summed E-state index contributed by atoms with van der Waals surface area (Å²) in [5.74, 6) is 0.125. The zero-order valence-electron chi connectivity index (χ0n) is 23.6. The van der Waals surface area contributed by atoms with Crippen LogP contribution in [0.5, 0.6) is 0 Å². The fraction of sp³-hybridized carbons (Fsp3) is 0.655. The molecule has 4 heterocycles. The van der Waals surface area contributed by atoms with Gasteiger partial charge in [0.05, 0.1) is 11.0 Å². The Balaban J connectivity index is 1.28. The number of imide groups is 1. The minimum absolute atomic E-state index is 0.220. The second kappa shape index (κ2) is 10.8. The van der Waals surface area contributed by atoms with Crippen molar-refractivity contribution in [1.82, 2.24) is 24.3 Å². The second-order valence-electron chi connectivity index (χ2n) is 12.4. The van der Waals surface area contributed by atoms with E-state index in [0.29, 0.717) is 12.3 Å². The largest absolute Gasteiger partial charge is 0.444 e. The van der Waals surface area contributed by atoms with Gasteiger partial charge in [-0.05, 0) is 82.9 Å². The van der Waals surface area contributed by atoms with Gasteiger partial charge in [-0.3, -0.25) is 24.0 Å². The average molecular weight is 540 g/mol. The van der Waals surface area contributed by atoms with Crippen LogP contribution < -0.4 is 11.0 Å². The number of hydrogen-bond acceptors (Lipinski definition) is 6. The van der Waals surface area contributed by atoms with Gasteiger partial charge in [-0.2, -0.15) is 0 Å². The molecule has 3 saturated heterocycles. The molecule has 0 spiro atoms. The molecule has 3 fully saturated rings. The van der Waals surface area contributed by atoms with Crippen LogP contribution in [-0.4, -0.2) is 75.2 Å². The van der Waals surface area contributed by atoms with Gasteiger partial charge in [0, 0.05) is 39.6 Å². The lowest BCUT2D eigenvalue weighted by molar-refractivity contribution is -0.135. The molecule has 2 atom stereocenters. The average Bonchev–Trinajstić information content (AvgIpc) is 3.13. The predicted octanol–water partition coefficient (Wildman–Crippen LogP) is 3.14. The highest BCUT2D eigenvalue weighted by Crippen LogP contribution is 2.34. The summed E-state index contributed by atoms with van der Waals surface area (Å²) >= 11 is 0. The molecule has 3 amide bonds. The first kappa shape index (κ1) is 27.4. The first-order chi connectivity index (χ1) is 18.5. The van der Waals surface area contributed by atoms with Crippen molar-refractivity contribution < 1.29 is 19.1 Å². The molecule has 39 heavy (non-hydrogen) atoms. The minimum atomic E-state index is -0.677. The Hall–Kier alpha value is -3.14. The molecule has 3 aliphatic heterocycles. The van der Waals surface area contributed by atoms with Crippen molar-refractivity contribution in [2.24, 2.45) is 13.0 Å². The van der Waals surface area contributed by atoms with Gasteiger partial charge >= 0.3 is 11.8 Å². The molecule has 3 aliphatic rings. The number of carbonyl (C=O) groups excluding carboxylic acids is 3. The summed E-state index contributed by atoms with van der Waals surface area (Å²) < 4.78 is 8.78. The van der Waals surface area contributed by atoms with Gasteiger partial charge in [0.25, 0.3) is 0 Å². The molecule has 2 aromatic rings. The fourth-order valence-corrected chi connectivity index (χ4v) is 6.49. The number of likely N-dealkylation sites (tertiary alicyclic amines) is 2. The molecule has 1 aromatic heterocycles. The third-order valence-corrected chi connectivity index (χ3v) is 8.38. The monoisotopic (exact) mass is 539 g/mol. The Bertz CT molecular complexity index is 1310. The van der Waals surface area contributed by atoms with Crippen LogP contribution in [0.25, 0.3) is 11.0 Å². The van der Waals surface area contributed by atoms with Crippen LogP contribution in [0.4, 0.5) is 4.79 Å². The summed E-state index contributed by atoms with van der Waals surface area (Å²) in [6.07, 6.45) is 4.41. The van der Waals surface area contributed by atoms with E-state index in [9.17, 15) is 19.2 Å². The van der Waals surface area contributed by atoms with E-state index in [-0.39, 0.29) is 30.0 Å². The first-order valence-corrected chi connectivity index (χ1v) is 14.3. The number of rotatable bonds is 4. The Morgan fingerprint density at radius 3 is 2.49 bits per heavy atom. The highest BCUT2D eigenvalue weighted by molar-refractivity contribution is 6.00. The number of benzene rings is 1. The van der Waals surface area contributed by atoms with Crippen LogP contribution in [-0.2, 0) is 21.4 Å². The molecule has 0 aliphatic carbocycles. The molecule has 0 radical (unpaired) electrons. The highest BCUT2D eigenvalue weighted by Gasteiger charge is 2.33. The molecule has 1 N–H and O–H groups in total. The number of carbonyl (C=O) groups is 3. The van der Waals surface area contributed by atoms with Crippen LogP contribution in [0.3, 0.4) is 0 Å². The van der Waals surface area contributed by atoms with Crippen molar-refractivity contribution in [3.63, 3.8) is 0 Å². The molecule has 10 heteroatoms. The Labute approximate surface area is 229 Å². The summed E-state index contributed by atoms with van der Waals surface area (Å²) in [4.78, 5) is 54.4. The number of ether oxygens (including phenoxy) is 1. The van der Waals surface area contributed by atoms with Gasteiger partial charge in [-0.1, -0.05) is 12.1 Å². The predicted molar refractivity (Wildman–Crippen MR) is 148 cm³/mol. The zero-order valence-corrected chi connectivity index (χ0v) is 23.6. The number of imidazole rings is 1. The summed E-state index contributed by atoms with van der Waals surface area (Å²) in [6.45, 7) is 10.1. The number of amides is 3. The number of nitrogens with zero attached hydrogens (tertiary/aromatic N) is 4. The molecule has 0 saturated carbocycles. The number of piperidine rings is 3. The summed E-state index contributed by atoms with van der Waals surface area (Å²) in [6, 6.07) is 5.32. The lowest BCUT2D eigenvalue weighted by Gasteiger charge is -2.38. The summed E-state index contributed by atoms with van der Waals surface area (Å²) in [7, 11) is 1.77. The van der Waals surface area contributed by atoms with E-state index in [1.54, 1.807) is 16.2 Å². The molecule has 2 unspecified atom stereocenters. The van der Waals surface area contributed by atoms with Crippen LogP contribution in [0.15, 0.2) is 23.0 Å². The van der Waals surface area contributed by atoms with Crippen molar-refractivity contribution in [2.45, 2.75) is 76.9 Å². The standard InChI is InChI=1S/C29H41N5O5/c1-29(2,3)39-28(38)33-15-12-19(13-16-33)17-32-14-6-7-20(18-32)21-8-5-9-22-25(21)31(4)27(37)34(22)23-10-11-24(35)30-26(23)36/h5,8-9,19-20,23H,6-7,10-18H2,1-4H3,(H,30,35,36). The van der Waals surface area contributed by atoms with Gasteiger partial charge in [0.1, 0.15) is 11.6 Å². The SMILES string of the molecule is Cn1c(=O)n(C2CCC(=O)NC2=O)c2cccc(C3CCCN(CC4CCN(C(=O)OC(C)(C)C)CC4)C3)c21. The van der Waals surface area contributed by atoms with E-state index in [0.717, 1.165) is 75.0 Å². The third-order valence-electron chi connectivity index (χ3n) is 8.38. The van der Waals surface area contributed by atoms with Crippen LogP contribution in [0.1, 0.15) is 76.8 Å². The Morgan fingerprint density at radius 2 is 1.79 bits per heavy atom. The Kier molecular flexibility index (Phi) is 7.59. The van der Waals surface area contributed by atoms with Gasteiger partial charge in [0.2, 0.25) is 11.8 Å². The normalized spacial score (nSPS) is 23.7. The third kappa shape index (κ3) is 5.76. The maximum Gasteiger partial charge on any atom is 0.410 e. The summed E-state index contributed by atoms with van der Waals surface area (Å²) in [5.41, 5.74) is 2.07. The molecule has 10 nitrogen and oxygen atoms in total. The first-order valence-electron chi connectivity index (χ1n) is 14.3. The van der Waals surface area contributed by atoms with Gasteiger partial charge in [-0.25, -0.2) is 9.59 Å². The van der Waals surface area contributed by atoms with Crippen molar-refractivity contribution in [1.29, 1.82) is 0 Å². The van der Waals surface area contributed by atoms with Crippen LogP contribution >= 0.6 is 0 Å². The number of aryl methyl sites for hydroxylation is 1. The van der Waals surface area contributed by atoms with E-state index in [4.69, 9.17) is 4.74 Å². The fourth-order valence-electron chi connectivity index (χ4n) is 6.49. The molecular weight excluding hydrogens is 498 g/mol. The lowest BCUT2D eigenvalue weighted by Crippen LogP contribution is -2.45. The van der Waals surface area contributed by atoms with Gasteiger partial charge in [0.15, 0.2) is 0 Å². The number of nitrogens with one attached hydrogen (secondary N) is 1. The van der Waals surface area contributed by atoms with Gasteiger partial charge < -0.3 is 14.5 Å². The van der Waals surface area contributed by atoms with Crippen LogP contribution in [0.2, 0.25) is 0 Å². The molecule has 0 bridgehead atoms. The minimum Gasteiger partial charge on any atom is -0.444 e. The van der Waals surface area contributed by atoms with E-state index >= 15 is 0 Å². The van der Waals surface area contributed by atoms with Gasteiger partial charge in [-0.15, -0.1) is 0 Å². The lowest BCUT2D eigenvalue weighted by atomic mass is 9.88. The van der Waals surface area contributed by atoms with Crippen molar-refractivity contribution >= 4 is 28.9 Å². The highest BCUT2D eigenvalue weighted by atomic mass is 16.6. The number of fused-ring (bicyclic) bond motifs is 1. The number of hydrogen-bond donors (Lipinski definition) is 1. The topological polar surface area (TPSA) is 106 Å². The number of aromatic nitrogens is 2. The zero-order chi connectivity index (χ0) is 27.9. The molecule has 1 aromatic carbocycles. The number of para-hydroxylation sites is 1. The smallest absolute Gasteiger partial charge is 0.410 e. The van der Waals surface area contributed by atoms with E-state index in [2.05, 4.69) is 16.3 Å². The van der Waals surface area contributed by atoms with E-state index in [1.807, 2.05) is 37.8 Å². The molecule has 212 valence electrons. The maximum atomic E-state index is 13.3. The van der Waals surface area contributed by atoms with E-state index < -0.39 is 17.6 Å². The summed E-state index contributed by atoms with van der Waals surface area (Å²) in [5, 5.41) is 2.39. The quantitative estimate of drug-likeness (QED) is 0.599.